The van der Waals surface area contributed by atoms with E-state index in [-0.39, 0.29) is 10.6 Å². The Morgan fingerprint density at radius 1 is 1.48 bits per heavy atom. The number of nitrogens with zero attached hydrogens (tertiary/aromatic N) is 2. The highest BCUT2D eigenvalue weighted by molar-refractivity contribution is 7.16. The zero-order chi connectivity index (χ0) is 14.8. The second kappa shape index (κ2) is 5.97. The lowest BCUT2D eigenvalue weighted by atomic mass is 9.84. The lowest BCUT2D eigenvalue weighted by molar-refractivity contribution is -0.382. The van der Waals surface area contributed by atoms with Gasteiger partial charge in [0.05, 0.1) is 15.1 Å². The summed E-state index contributed by atoms with van der Waals surface area (Å²) in [5.74, 6) is 0.735. The van der Waals surface area contributed by atoms with Crippen molar-refractivity contribution in [1.82, 2.24) is 4.98 Å². The van der Waals surface area contributed by atoms with Crippen molar-refractivity contribution in [2.75, 3.05) is 5.32 Å². The molecule has 2 unspecified atom stereocenters. The van der Waals surface area contributed by atoms with Gasteiger partial charge in [-0.05, 0) is 30.9 Å². The highest BCUT2D eigenvalue weighted by atomic mass is 32.1. The van der Waals surface area contributed by atoms with E-state index in [2.05, 4.69) is 17.2 Å². The van der Waals surface area contributed by atoms with Crippen LogP contribution in [0.5, 0.6) is 0 Å². The summed E-state index contributed by atoms with van der Waals surface area (Å²) >= 11 is 1.43. The Labute approximate surface area is 127 Å². The van der Waals surface area contributed by atoms with Crippen molar-refractivity contribution in [2.45, 2.75) is 45.1 Å². The minimum absolute atomic E-state index is 0.118. The van der Waals surface area contributed by atoms with Crippen molar-refractivity contribution in [3.63, 3.8) is 0 Å². The number of anilines is 1. The van der Waals surface area contributed by atoms with Crippen molar-refractivity contribution in [3.8, 4) is 0 Å². The van der Waals surface area contributed by atoms with Gasteiger partial charge in [0, 0.05) is 6.04 Å². The maximum Gasteiger partial charge on any atom is 0.319 e. The number of nitro groups is 1. The molecule has 1 N–H and O–H groups in total. The predicted molar refractivity (Wildman–Crippen MR) is 85.9 cm³/mol. The molecular weight excluding hydrogens is 286 g/mol. The second-order valence-corrected chi connectivity index (χ2v) is 6.59. The van der Waals surface area contributed by atoms with Crippen molar-refractivity contribution in [3.05, 3.63) is 27.8 Å². The first-order chi connectivity index (χ1) is 10.2. The molecule has 2 atom stereocenters. The molecule has 1 aromatic carbocycles. The van der Waals surface area contributed by atoms with E-state index >= 15 is 0 Å². The molecule has 1 aliphatic rings. The molecule has 1 fully saturated rings. The van der Waals surface area contributed by atoms with E-state index in [9.17, 15) is 10.1 Å². The van der Waals surface area contributed by atoms with Gasteiger partial charge < -0.3 is 5.32 Å². The Bertz CT molecular complexity index is 655. The van der Waals surface area contributed by atoms with Crippen LogP contribution in [0, 0.1) is 16.0 Å². The third kappa shape index (κ3) is 2.85. The lowest BCUT2D eigenvalue weighted by Crippen LogP contribution is -2.27. The van der Waals surface area contributed by atoms with E-state index in [1.54, 1.807) is 5.51 Å². The van der Waals surface area contributed by atoms with E-state index in [0.717, 1.165) is 23.5 Å². The zero-order valence-electron chi connectivity index (χ0n) is 12.0. The molecule has 0 radical (unpaired) electrons. The number of thiazole rings is 1. The molecule has 112 valence electrons. The highest BCUT2D eigenvalue weighted by Gasteiger charge is 2.25. The Kier molecular flexibility index (Phi) is 4.05. The monoisotopic (exact) mass is 305 g/mol. The van der Waals surface area contributed by atoms with Crippen molar-refractivity contribution in [2.24, 2.45) is 5.92 Å². The molecule has 0 aliphatic heterocycles. The third-order valence-electron chi connectivity index (χ3n) is 4.38. The molecule has 1 saturated carbocycles. The summed E-state index contributed by atoms with van der Waals surface area (Å²) in [4.78, 5) is 15.3. The molecule has 1 aliphatic carbocycles. The SMILES string of the molecule is CCC1CCCC(Nc2ccc3scnc3c2[N+](=O)[O-])C1. The van der Waals surface area contributed by atoms with E-state index in [1.165, 1.54) is 30.6 Å². The van der Waals surface area contributed by atoms with Gasteiger partial charge in [-0.25, -0.2) is 4.98 Å². The van der Waals surface area contributed by atoms with Crippen LogP contribution in [-0.4, -0.2) is 15.9 Å². The molecule has 1 aromatic heterocycles. The average molecular weight is 305 g/mol. The molecule has 6 heteroatoms. The van der Waals surface area contributed by atoms with E-state index in [0.29, 0.717) is 17.2 Å². The van der Waals surface area contributed by atoms with Gasteiger partial charge in [-0.2, -0.15) is 0 Å². The van der Waals surface area contributed by atoms with Gasteiger partial charge in [0.15, 0.2) is 5.52 Å². The zero-order valence-corrected chi connectivity index (χ0v) is 12.9. The maximum atomic E-state index is 11.4. The summed E-state index contributed by atoms with van der Waals surface area (Å²) in [6.45, 7) is 2.22. The van der Waals surface area contributed by atoms with Gasteiger partial charge in [0.1, 0.15) is 5.69 Å². The first-order valence-electron chi connectivity index (χ1n) is 7.46. The summed E-state index contributed by atoms with van der Waals surface area (Å²) in [5.41, 5.74) is 2.89. The fourth-order valence-corrected chi connectivity index (χ4v) is 3.91. The molecular formula is C15H19N3O2S. The first kappa shape index (κ1) is 14.3. The van der Waals surface area contributed by atoms with Gasteiger partial charge in [-0.3, -0.25) is 10.1 Å². The van der Waals surface area contributed by atoms with Crippen LogP contribution in [0.15, 0.2) is 17.6 Å². The minimum atomic E-state index is -0.315. The van der Waals surface area contributed by atoms with Gasteiger partial charge in [0.25, 0.3) is 0 Å². The van der Waals surface area contributed by atoms with Crippen molar-refractivity contribution < 1.29 is 4.92 Å². The number of aromatic nitrogens is 1. The molecule has 5 nitrogen and oxygen atoms in total. The molecule has 0 amide bonds. The van der Waals surface area contributed by atoms with Crippen LogP contribution >= 0.6 is 11.3 Å². The van der Waals surface area contributed by atoms with Crippen molar-refractivity contribution in [1.29, 1.82) is 0 Å². The maximum absolute atomic E-state index is 11.4. The summed E-state index contributed by atoms with van der Waals surface area (Å²) in [6.07, 6.45) is 5.85. The largest absolute Gasteiger partial charge is 0.377 e. The van der Waals surface area contributed by atoms with Crippen LogP contribution in [0.2, 0.25) is 0 Å². The van der Waals surface area contributed by atoms with E-state index in [4.69, 9.17) is 0 Å². The Hall–Kier alpha value is -1.69. The van der Waals surface area contributed by atoms with Gasteiger partial charge in [0.2, 0.25) is 0 Å². The van der Waals surface area contributed by atoms with Gasteiger partial charge in [-0.1, -0.05) is 26.2 Å². The average Bonchev–Trinajstić information content (AvgIpc) is 2.95. The fourth-order valence-electron chi connectivity index (χ4n) is 3.23. The lowest BCUT2D eigenvalue weighted by Gasteiger charge is -2.29. The van der Waals surface area contributed by atoms with Crippen LogP contribution in [0.25, 0.3) is 10.2 Å². The number of benzene rings is 1. The standard InChI is InChI=1S/C15H19N3O2S/c1-2-10-4-3-5-11(8-10)17-12-6-7-13-14(16-9-21-13)15(12)18(19)20/h6-7,9-11,17H,2-5,8H2,1H3. The fraction of sp³-hybridized carbons (Fsp3) is 0.533. The van der Waals surface area contributed by atoms with Crippen LogP contribution in [0.4, 0.5) is 11.4 Å². The molecule has 3 rings (SSSR count). The van der Waals surface area contributed by atoms with Crippen LogP contribution in [0.3, 0.4) is 0 Å². The number of fused-ring (bicyclic) bond motifs is 1. The molecule has 0 bridgehead atoms. The van der Waals surface area contributed by atoms with Crippen LogP contribution in [-0.2, 0) is 0 Å². The molecule has 21 heavy (non-hydrogen) atoms. The number of rotatable bonds is 4. The quantitative estimate of drug-likeness (QED) is 0.663. The first-order valence-corrected chi connectivity index (χ1v) is 8.34. The summed E-state index contributed by atoms with van der Waals surface area (Å²) in [6, 6.07) is 4.08. The van der Waals surface area contributed by atoms with Crippen molar-refractivity contribution >= 4 is 32.9 Å². The molecule has 0 spiro atoms. The second-order valence-electron chi connectivity index (χ2n) is 5.70. The normalized spacial score (nSPS) is 22.3. The van der Waals surface area contributed by atoms with E-state index < -0.39 is 0 Å². The third-order valence-corrected chi connectivity index (χ3v) is 5.17. The summed E-state index contributed by atoms with van der Waals surface area (Å²) in [5, 5.41) is 14.8. The van der Waals surface area contributed by atoms with Crippen LogP contribution in [0.1, 0.15) is 39.0 Å². The molecule has 2 aromatic rings. The summed E-state index contributed by atoms with van der Waals surface area (Å²) < 4.78 is 0.863. The number of hydrogen-bond acceptors (Lipinski definition) is 5. The highest BCUT2D eigenvalue weighted by Crippen LogP contribution is 2.36. The Balaban J connectivity index is 1.89. The molecule has 0 saturated heterocycles. The Morgan fingerprint density at radius 3 is 3.10 bits per heavy atom. The Morgan fingerprint density at radius 2 is 2.33 bits per heavy atom. The number of nitrogens with one attached hydrogen (secondary N) is 1. The van der Waals surface area contributed by atoms with E-state index in [1.807, 2.05) is 12.1 Å². The minimum Gasteiger partial charge on any atom is -0.377 e. The number of hydrogen-bond donors (Lipinski definition) is 1. The van der Waals surface area contributed by atoms with Crippen LogP contribution < -0.4 is 5.32 Å². The predicted octanol–water partition coefficient (Wildman–Crippen LogP) is 4.59. The smallest absolute Gasteiger partial charge is 0.319 e. The van der Waals surface area contributed by atoms with Gasteiger partial charge in [-0.15, -0.1) is 11.3 Å². The number of nitro benzene ring substituents is 1. The topological polar surface area (TPSA) is 68.1 Å². The summed E-state index contributed by atoms with van der Waals surface area (Å²) in [7, 11) is 0. The molecule has 1 heterocycles. The van der Waals surface area contributed by atoms with Gasteiger partial charge >= 0.3 is 5.69 Å².